The smallest absolute Gasteiger partial charge is 0.262 e. The van der Waals surface area contributed by atoms with Crippen molar-refractivity contribution in [3.63, 3.8) is 0 Å². The molecule has 1 aromatic carbocycles. The Balaban J connectivity index is 1.56. The summed E-state index contributed by atoms with van der Waals surface area (Å²) in [7, 11) is 0. The molecule has 1 aliphatic heterocycles. The van der Waals surface area contributed by atoms with E-state index in [0.717, 1.165) is 16.7 Å². The lowest BCUT2D eigenvalue weighted by Crippen LogP contribution is -2.40. The Labute approximate surface area is 132 Å². The normalized spacial score (nSPS) is 19.5. The van der Waals surface area contributed by atoms with Crippen molar-refractivity contribution >= 4 is 5.91 Å². The maximum atomic E-state index is 13.1. The van der Waals surface area contributed by atoms with Crippen LogP contribution in [0.1, 0.15) is 12.0 Å². The fourth-order valence-corrected chi connectivity index (χ4v) is 2.56. The van der Waals surface area contributed by atoms with Crippen LogP contribution in [0.25, 0.3) is 11.1 Å². The van der Waals surface area contributed by atoms with E-state index in [4.69, 9.17) is 0 Å². The Kier molecular flexibility index (Phi) is 4.34. The lowest BCUT2D eigenvalue weighted by atomic mass is 10.1. The van der Waals surface area contributed by atoms with Crippen molar-refractivity contribution in [1.82, 2.24) is 15.6 Å². The first-order valence-corrected chi connectivity index (χ1v) is 7.42. The number of rotatable bonds is 4. The van der Waals surface area contributed by atoms with E-state index in [1.54, 1.807) is 12.4 Å². The summed E-state index contributed by atoms with van der Waals surface area (Å²) in [6, 6.07) is 10.7. The van der Waals surface area contributed by atoms with Crippen molar-refractivity contribution in [2.24, 2.45) is 0 Å². The molecule has 1 aliphatic rings. The predicted molar refractivity (Wildman–Crippen MR) is 82.9 cm³/mol. The van der Waals surface area contributed by atoms with Crippen molar-refractivity contribution in [2.75, 3.05) is 6.54 Å². The highest BCUT2D eigenvalue weighted by atomic mass is 19.3. The molecule has 2 heterocycles. The zero-order chi connectivity index (χ0) is 16.3. The van der Waals surface area contributed by atoms with Crippen LogP contribution in [0.3, 0.4) is 0 Å². The van der Waals surface area contributed by atoms with Gasteiger partial charge in [0.15, 0.2) is 0 Å². The molecule has 1 fully saturated rings. The van der Waals surface area contributed by atoms with E-state index >= 15 is 0 Å². The number of halogens is 2. The summed E-state index contributed by atoms with van der Waals surface area (Å²) in [6.07, 6.45) is 3.05. The van der Waals surface area contributed by atoms with Crippen molar-refractivity contribution in [3.8, 4) is 11.1 Å². The van der Waals surface area contributed by atoms with Crippen molar-refractivity contribution in [3.05, 3.63) is 54.4 Å². The van der Waals surface area contributed by atoms with Crippen LogP contribution in [0.15, 0.2) is 48.8 Å². The van der Waals surface area contributed by atoms with Gasteiger partial charge in [-0.3, -0.25) is 15.1 Å². The van der Waals surface area contributed by atoms with Gasteiger partial charge in [0.1, 0.15) is 0 Å². The maximum absolute atomic E-state index is 13.1. The highest BCUT2D eigenvalue weighted by Gasteiger charge is 2.42. The first-order chi connectivity index (χ1) is 11.0. The number of amides is 1. The fourth-order valence-electron chi connectivity index (χ4n) is 2.56. The van der Waals surface area contributed by atoms with Gasteiger partial charge in [-0.1, -0.05) is 30.3 Å². The Morgan fingerprint density at radius 2 is 2.04 bits per heavy atom. The first kappa shape index (κ1) is 15.6. The van der Waals surface area contributed by atoms with Crippen LogP contribution in [-0.2, 0) is 11.3 Å². The topological polar surface area (TPSA) is 54.0 Å². The molecule has 1 unspecified atom stereocenters. The highest BCUT2D eigenvalue weighted by Crippen LogP contribution is 2.25. The fraction of sp³-hybridized carbons (Fsp3) is 0.294. The van der Waals surface area contributed by atoms with Gasteiger partial charge in [0, 0.05) is 25.4 Å². The van der Waals surface area contributed by atoms with E-state index in [-0.39, 0.29) is 0 Å². The first-order valence-electron chi connectivity index (χ1n) is 7.42. The molecule has 6 heteroatoms. The lowest BCUT2D eigenvalue weighted by molar-refractivity contribution is -0.123. The Hall–Kier alpha value is -2.34. The largest absolute Gasteiger partial charge is 0.351 e. The van der Waals surface area contributed by atoms with Gasteiger partial charge in [-0.25, -0.2) is 8.78 Å². The molecule has 23 heavy (non-hydrogen) atoms. The second kappa shape index (κ2) is 6.42. The van der Waals surface area contributed by atoms with Gasteiger partial charge < -0.3 is 5.32 Å². The van der Waals surface area contributed by atoms with Crippen LogP contribution >= 0.6 is 0 Å². The molecule has 1 saturated heterocycles. The quantitative estimate of drug-likeness (QED) is 0.910. The number of carbonyl (C=O) groups excluding carboxylic acids is 1. The third kappa shape index (κ3) is 3.90. The molecule has 120 valence electrons. The molecule has 0 saturated carbocycles. The zero-order valence-corrected chi connectivity index (χ0v) is 12.4. The molecule has 3 rings (SSSR count). The van der Waals surface area contributed by atoms with Crippen LogP contribution in [0, 0.1) is 0 Å². The van der Waals surface area contributed by atoms with Gasteiger partial charge in [0.2, 0.25) is 5.91 Å². The van der Waals surface area contributed by atoms with Gasteiger partial charge in [0.25, 0.3) is 5.92 Å². The van der Waals surface area contributed by atoms with Crippen LogP contribution < -0.4 is 10.6 Å². The van der Waals surface area contributed by atoms with E-state index in [9.17, 15) is 13.6 Å². The van der Waals surface area contributed by atoms with Gasteiger partial charge in [-0.05, 0) is 22.8 Å². The number of carbonyl (C=O) groups is 1. The summed E-state index contributed by atoms with van der Waals surface area (Å²) >= 11 is 0. The number of aromatic nitrogens is 1. The molecule has 0 radical (unpaired) electrons. The second-order valence-electron chi connectivity index (χ2n) is 5.65. The van der Waals surface area contributed by atoms with Crippen LogP contribution in [0.4, 0.5) is 8.78 Å². The molecular formula is C17H17F2N3O. The molecule has 1 amide bonds. The van der Waals surface area contributed by atoms with Crippen LogP contribution in [0.5, 0.6) is 0 Å². The number of alkyl halides is 2. The van der Waals surface area contributed by atoms with E-state index in [1.165, 1.54) is 0 Å². The SMILES string of the molecule is O=C(NCc1ccc(-c2cccnc2)cc1)C1CC(F)(F)CN1. The molecule has 1 atom stereocenters. The van der Waals surface area contributed by atoms with Gasteiger partial charge >= 0.3 is 0 Å². The molecule has 4 nitrogen and oxygen atoms in total. The highest BCUT2D eigenvalue weighted by molar-refractivity contribution is 5.82. The summed E-state index contributed by atoms with van der Waals surface area (Å²) < 4.78 is 26.2. The third-order valence-corrected chi connectivity index (χ3v) is 3.84. The Morgan fingerprint density at radius 1 is 1.26 bits per heavy atom. The molecule has 2 aromatic rings. The number of hydrogen-bond acceptors (Lipinski definition) is 3. The average molecular weight is 317 g/mol. The van der Waals surface area contributed by atoms with Crippen molar-refractivity contribution < 1.29 is 13.6 Å². The predicted octanol–water partition coefficient (Wildman–Crippen LogP) is 2.36. The van der Waals surface area contributed by atoms with E-state index in [1.807, 2.05) is 36.4 Å². The van der Waals surface area contributed by atoms with Crippen molar-refractivity contribution in [1.29, 1.82) is 0 Å². The maximum Gasteiger partial charge on any atom is 0.262 e. The van der Waals surface area contributed by atoms with Crippen LogP contribution in [0.2, 0.25) is 0 Å². The molecule has 0 spiro atoms. The average Bonchev–Trinajstić information content (AvgIpc) is 2.94. The summed E-state index contributed by atoms with van der Waals surface area (Å²) in [5.74, 6) is -3.19. The standard InChI is InChI=1S/C17H17F2N3O/c18-17(19)8-15(22-11-17)16(23)21-9-12-3-5-13(6-4-12)14-2-1-7-20-10-14/h1-7,10,15,22H,8-9,11H2,(H,21,23). The molecule has 1 aromatic heterocycles. The van der Waals surface area contributed by atoms with Crippen LogP contribution in [-0.4, -0.2) is 29.4 Å². The monoisotopic (exact) mass is 317 g/mol. The van der Waals surface area contributed by atoms with Gasteiger partial charge in [-0.2, -0.15) is 0 Å². The number of hydrogen-bond donors (Lipinski definition) is 2. The Morgan fingerprint density at radius 3 is 2.65 bits per heavy atom. The second-order valence-corrected chi connectivity index (χ2v) is 5.65. The molecular weight excluding hydrogens is 300 g/mol. The van der Waals surface area contributed by atoms with E-state index in [0.29, 0.717) is 6.54 Å². The minimum atomic E-state index is -2.80. The Bertz CT molecular complexity index is 674. The summed E-state index contributed by atoms with van der Waals surface area (Å²) in [4.78, 5) is 16.0. The molecule has 0 aliphatic carbocycles. The number of nitrogens with one attached hydrogen (secondary N) is 2. The van der Waals surface area contributed by atoms with Gasteiger partial charge in [-0.15, -0.1) is 0 Å². The molecule has 2 N–H and O–H groups in total. The zero-order valence-electron chi connectivity index (χ0n) is 12.4. The lowest BCUT2D eigenvalue weighted by Gasteiger charge is -2.11. The van der Waals surface area contributed by atoms with Crippen molar-refractivity contribution in [2.45, 2.75) is 24.9 Å². The third-order valence-electron chi connectivity index (χ3n) is 3.84. The number of pyridine rings is 1. The minimum absolute atomic E-state index is 0.315. The van der Waals surface area contributed by atoms with E-state index in [2.05, 4.69) is 15.6 Å². The number of benzene rings is 1. The van der Waals surface area contributed by atoms with Gasteiger partial charge in [0.05, 0.1) is 12.6 Å². The minimum Gasteiger partial charge on any atom is -0.351 e. The molecule has 0 bridgehead atoms. The summed E-state index contributed by atoms with van der Waals surface area (Å²) in [5.41, 5.74) is 2.96. The summed E-state index contributed by atoms with van der Waals surface area (Å²) in [6.45, 7) is -0.124. The summed E-state index contributed by atoms with van der Waals surface area (Å²) in [5, 5.41) is 5.24. The van der Waals surface area contributed by atoms with E-state index < -0.39 is 30.8 Å². The number of nitrogens with zero attached hydrogens (tertiary/aromatic N) is 1.